The topological polar surface area (TPSA) is 63.4 Å². The Morgan fingerprint density at radius 3 is 2.55 bits per heavy atom. The van der Waals surface area contributed by atoms with E-state index < -0.39 is 10.0 Å². The molecule has 118 valence electrons. The van der Waals surface area contributed by atoms with Crippen molar-refractivity contribution in [1.82, 2.24) is 9.46 Å². The third kappa shape index (κ3) is 2.55. The molecule has 0 bridgehead atoms. The van der Waals surface area contributed by atoms with Gasteiger partial charge in [-0.1, -0.05) is 28.9 Å². The fourth-order valence-corrected chi connectivity index (χ4v) is 5.11. The maximum absolute atomic E-state index is 13.0. The number of rotatable bonds is 3. The highest BCUT2D eigenvalue weighted by atomic mass is 35.5. The Hall–Kier alpha value is -1.37. The van der Waals surface area contributed by atoms with Crippen molar-refractivity contribution in [2.75, 3.05) is 6.54 Å². The number of hydrogen-bond acceptors (Lipinski definition) is 4. The molecule has 1 aliphatic heterocycles. The number of sulfonamides is 1. The van der Waals surface area contributed by atoms with Gasteiger partial charge in [0.15, 0.2) is 5.76 Å². The lowest BCUT2D eigenvalue weighted by Gasteiger charge is -2.24. The van der Waals surface area contributed by atoms with Crippen LogP contribution >= 0.6 is 11.6 Å². The second-order valence-electron chi connectivity index (χ2n) is 5.48. The van der Waals surface area contributed by atoms with Crippen molar-refractivity contribution in [2.45, 2.75) is 37.6 Å². The smallest absolute Gasteiger partial charge is 0.249 e. The molecular formula is C15H17ClN2O3S. The molecule has 2 heterocycles. The molecule has 3 rings (SSSR count). The summed E-state index contributed by atoms with van der Waals surface area (Å²) in [5.41, 5.74) is 1.36. The Bertz CT molecular complexity index is 764. The normalized spacial score (nSPS) is 19.7. The molecule has 5 nitrogen and oxygen atoms in total. The molecule has 1 atom stereocenters. The summed E-state index contributed by atoms with van der Waals surface area (Å²) in [6, 6.07) is 7.17. The summed E-state index contributed by atoms with van der Waals surface area (Å²) < 4.78 is 32.5. The molecule has 1 aliphatic rings. The van der Waals surface area contributed by atoms with E-state index in [1.54, 1.807) is 30.3 Å². The van der Waals surface area contributed by atoms with Crippen LogP contribution in [0.4, 0.5) is 0 Å². The molecule has 0 N–H and O–H groups in total. The molecule has 2 aromatic rings. The Balaban J connectivity index is 2.01. The van der Waals surface area contributed by atoms with Crippen molar-refractivity contribution in [3.8, 4) is 0 Å². The fourth-order valence-electron chi connectivity index (χ4n) is 3.01. The summed E-state index contributed by atoms with van der Waals surface area (Å²) in [4.78, 5) is 0.188. The van der Waals surface area contributed by atoms with Crippen LogP contribution in [0.1, 0.15) is 35.9 Å². The van der Waals surface area contributed by atoms with Crippen LogP contribution in [0, 0.1) is 13.8 Å². The summed E-state index contributed by atoms with van der Waals surface area (Å²) in [5.74, 6) is 0.333. The van der Waals surface area contributed by atoms with Crippen LogP contribution in [0.25, 0.3) is 0 Å². The summed E-state index contributed by atoms with van der Waals surface area (Å²) in [6.45, 7) is 3.77. The highest BCUT2D eigenvalue weighted by molar-refractivity contribution is 7.89. The first-order valence-corrected chi connectivity index (χ1v) is 8.93. The van der Waals surface area contributed by atoms with E-state index in [4.69, 9.17) is 16.1 Å². The van der Waals surface area contributed by atoms with Crippen LogP contribution in [0.3, 0.4) is 0 Å². The van der Waals surface area contributed by atoms with E-state index in [0.717, 1.165) is 18.4 Å². The second kappa shape index (κ2) is 5.68. The summed E-state index contributed by atoms with van der Waals surface area (Å²) in [7, 11) is -3.62. The summed E-state index contributed by atoms with van der Waals surface area (Å²) in [5, 5.41) is 4.41. The number of nitrogens with zero attached hydrogens (tertiary/aromatic N) is 2. The number of halogens is 1. The van der Waals surface area contributed by atoms with Gasteiger partial charge in [-0.15, -0.1) is 0 Å². The van der Waals surface area contributed by atoms with E-state index in [2.05, 4.69) is 5.16 Å². The maximum Gasteiger partial charge on any atom is 0.249 e. The molecule has 22 heavy (non-hydrogen) atoms. The average Bonchev–Trinajstić information content (AvgIpc) is 3.07. The van der Waals surface area contributed by atoms with E-state index in [0.29, 0.717) is 23.0 Å². The molecule has 1 aromatic carbocycles. The van der Waals surface area contributed by atoms with Gasteiger partial charge in [0.05, 0.1) is 6.04 Å². The maximum atomic E-state index is 13.0. The Labute approximate surface area is 134 Å². The van der Waals surface area contributed by atoms with Crippen LogP contribution in [0.5, 0.6) is 0 Å². The predicted octanol–water partition coefficient (Wildman–Crippen LogP) is 3.47. The second-order valence-corrected chi connectivity index (χ2v) is 7.74. The third-order valence-corrected chi connectivity index (χ3v) is 6.40. The van der Waals surface area contributed by atoms with Crippen LogP contribution in [0.15, 0.2) is 33.7 Å². The van der Waals surface area contributed by atoms with Crippen molar-refractivity contribution in [1.29, 1.82) is 0 Å². The molecule has 1 aromatic heterocycles. The Morgan fingerprint density at radius 2 is 1.95 bits per heavy atom. The highest BCUT2D eigenvalue weighted by Crippen LogP contribution is 2.38. The quantitative estimate of drug-likeness (QED) is 0.858. The minimum atomic E-state index is -3.62. The minimum Gasteiger partial charge on any atom is -0.360 e. The standard InChI is InChI=1S/C15H17ClN2O3S/c1-10-15(11(2)21-17-10)22(19,20)18-9-3-4-14(18)12-5-7-13(16)8-6-12/h5-8,14H,3-4,9H2,1-2H3/t14-/m1/s1. The van der Waals surface area contributed by atoms with Gasteiger partial charge >= 0.3 is 0 Å². The molecule has 1 saturated heterocycles. The van der Waals surface area contributed by atoms with Crippen molar-refractivity contribution in [2.24, 2.45) is 0 Å². The molecule has 1 fully saturated rings. The molecule has 0 saturated carbocycles. The highest BCUT2D eigenvalue weighted by Gasteiger charge is 2.39. The number of benzene rings is 1. The van der Waals surface area contributed by atoms with Crippen molar-refractivity contribution < 1.29 is 12.9 Å². The molecule has 0 spiro atoms. The first-order valence-electron chi connectivity index (χ1n) is 7.11. The zero-order valence-corrected chi connectivity index (χ0v) is 14.0. The molecule has 0 aliphatic carbocycles. The van der Waals surface area contributed by atoms with Crippen LogP contribution in [-0.4, -0.2) is 24.4 Å². The van der Waals surface area contributed by atoms with Crippen LogP contribution in [0.2, 0.25) is 5.02 Å². The van der Waals surface area contributed by atoms with Crippen LogP contribution < -0.4 is 0 Å². The van der Waals surface area contributed by atoms with Gasteiger partial charge in [0, 0.05) is 11.6 Å². The van der Waals surface area contributed by atoms with Crippen molar-refractivity contribution in [3.63, 3.8) is 0 Å². The zero-order chi connectivity index (χ0) is 15.9. The first kappa shape index (κ1) is 15.5. The van der Waals surface area contributed by atoms with Crippen molar-refractivity contribution >= 4 is 21.6 Å². The fraction of sp³-hybridized carbons (Fsp3) is 0.400. The minimum absolute atomic E-state index is 0.170. The number of aromatic nitrogens is 1. The van der Waals surface area contributed by atoms with Gasteiger partial charge in [-0.3, -0.25) is 0 Å². The van der Waals surface area contributed by atoms with Gasteiger partial charge in [-0.25, -0.2) is 8.42 Å². The van der Waals surface area contributed by atoms with E-state index in [9.17, 15) is 8.42 Å². The largest absolute Gasteiger partial charge is 0.360 e. The first-order chi connectivity index (χ1) is 10.4. The molecule has 0 radical (unpaired) electrons. The van der Waals surface area contributed by atoms with Gasteiger partial charge in [0.1, 0.15) is 10.6 Å². The van der Waals surface area contributed by atoms with Crippen molar-refractivity contribution in [3.05, 3.63) is 46.3 Å². The monoisotopic (exact) mass is 340 g/mol. The lowest BCUT2D eigenvalue weighted by Crippen LogP contribution is -2.31. The van der Waals surface area contributed by atoms with Gasteiger partial charge < -0.3 is 4.52 Å². The van der Waals surface area contributed by atoms with Gasteiger partial charge in [-0.05, 0) is 44.4 Å². The summed E-state index contributed by atoms with van der Waals surface area (Å²) in [6.07, 6.45) is 1.63. The lowest BCUT2D eigenvalue weighted by molar-refractivity contribution is 0.384. The van der Waals surface area contributed by atoms with E-state index in [-0.39, 0.29) is 10.9 Å². The van der Waals surface area contributed by atoms with E-state index in [1.165, 1.54) is 0 Å². The average molecular weight is 341 g/mol. The summed E-state index contributed by atoms with van der Waals surface area (Å²) >= 11 is 5.91. The van der Waals surface area contributed by atoms with Gasteiger partial charge in [0.25, 0.3) is 0 Å². The Kier molecular flexibility index (Phi) is 4.01. The zero-order valence-electron chi connectivity index (χ0n) is 12.4. The predicted molar refractivity (Wildman–Crippen MR) is 83.3 cm³/mol. The van der Waals surface area contributed by atoms with E-state index >= 15 is 0 Å². The van der Waals surface area contributed by atoms with Gasteiger partial charge in [-0.2, -0.15) is 4.31 Å². The Morgan fingerprint density at radius 1 is 1.27 bits per heavy atom. The SMILES string of the molecule is Cc1noc(C)c1S(=O)(=O)N1CCC[C@@H]1c1ccc(Cl)cc1. The molecule has 7 heteroatoms. The van der Waals surface area contributed by atoms with E-state index in [1.807, 2.05) is 12.1 Å². The molecular weight excluding hydrogens is 324 g/mol. The number of hydrogen-bond donors (Lipinski definition) is 0. The number of aryl methyl sites for hydroxylation is 2. The lowest BCUT2D eigenvalue weighted by atomic mass is 10.1. The third-order valence-electron chi connectivity index (χ3n) is 3.99. The molecule has 0 amide bonds. The van der Waals surface area contributed by atoms with Gasteiger partial charge in [0.2, 0.25) is 10.0 Å². The van der Waals surface area contributed by atoms with Crippen LogP contribution in [-0.2, 0) is 10.0 Å². The molecule has 0 unspecified atom stereocenters.